The van der Waals surface area contributed by atoms with E-state index in [1.807, 2.05) is 19.2 Å². The Kier molecular flexibility index (Phi) is 4.92. The standard InChI is InChI=1S/C14H14Br2N2/c1-10-2-3-12(9-18-10)8-17-7-11-4-5-13(15)14(16)6-11/h2-6,9,17H,7-8H2,1H3. The van der Waals surface area contributed by atoms with Crippen molar-refractivity contribution in [3.8, 4) is 0 Å². The second kappa shape index (κ2) is 6.45. The van der Waals surface area contributed by atoms with Gasteiger partial charge in [0.05, 0.1) is 0 Å². The van der Waals surface area contributed by atoms with E-state index in [0.29, 0.717) is 0 Å². The molecule has 94 valence electrons. The molecular weight excluding hydrogens is 356 g/mol. The van der Waals surface area contributed by atoms with Crippen molar-refractivity contribution in [2.45, 2.75) is 20.0 Å². The van der Waals surface area contributed by atoms with Crippen LogP contribution in [0.5, 0.6) is 0 Å². The Labute approximate surface area is 124 Å². The zero-order chi connectivity index (χ0) is 13.0. The lowest BCUT2D eigenvalue weighted by molar-refractivity contribution is 0.690. The summed E-state index contributed by atoms with van der Waals surface area (Å²) in [6.07, 6.45) is 1.92. The first-order chi connectivity index (χ1) is 8.65. The Morgan fingerprint density at radius 3 is 2.39 bits per heavy atom. The van der Waals surface area contributed by atoms with Gasteiger partial charge in [0, 0.05) is 33.9 Å². The first-order valence-corrected chi connectivity index (χ1v) is 7.30. The van der Waals surface area contributed by atoms with Crippen molar-refractivity contribution in [1.82, 2.24) is 10.3 Å². The fraction of sp³-hybridized carbons (Fsp3) is 0.214. The monoisotopic (exact) mass is 368 g/mol. The largest absolute Gasteiger partial charge is 0.309 e. The molecule has 0 unspecified atom stereocenters. The van der Waals surface area contributed by atoms with Crippen LogP contribution in [0.15, 0.2) is 45.5 Å². The van der Waals surface area contributed by atoms with E-state index < -0.39 is 0 Å². The molecule has 1 aromatic carbocycles. The van der Waals surface area contributed by atoms with Gasteiger partial charge in [-0.3, -0.25) is 4.98 Å². The van der Waals surface area contributed by atoms with Gasteiger partial charge < -0.3 is 5.32 Å². The third-order valence-corrected chi connectivity index (χ3v) is 4.49. The van der Waals surface area contributed by atoms with E-state index in [9.17, 15) is 0 Å². The molecule has 0 fully saturated rings. The molecule has 0 saturated carbocycles. The summed E-state index contributed by atoms with van der Waals surface area (Å²) in [5.74, 6) is 0. The normalized spacial score (nSPS) is 10.6. The van der Waals surface area contributed by atoms with Crippen molar-refractivity contribution >= 4 is 31.9 Å². The Balaban J connectivity index is 1.88. The Hall–Kier alpha value is -0.710. The fourth-order valence-electron chi connectivity index (χ4n) is 1.60. The minimum Gasteiger partial charge on any atom is -0.309 e. The minimum absolute atomic E-state index is 0.834. The average Bonchev–Trinajstić information content (AvgIpc) is 2.36. The number of benzene rings is 1. The van der Waals surface area contributed by atoms with Crippen LogP contribution in [-0.4, -0.2) is 4.98 Å². The highest BCUT2D eigenvalue weighted by Crippen LogP contribution is 2.23. The number of nitrogens with zero attached hydrogens (tertiary/aromatic N) is 1. The van der Waals surface area contributed by atoms with Crippen LogP contribution in [0.25, 0.3) is 0 Å². The third kappa shape index (κ3) is 3.90. The highest BCUT2D eigenvalue weighted by molar-refractivity contribution is 9.13. The SMILES string of the molecule is Cc1ccc(CNCc2ccc(Br)c(Br)c2)cn1. The lowest BCUT2D eigenvalue weighted by Gasteiger charge is -2.06. The van der Waals surface area contributed by atoms with Gasteiger partial charge in [0.2, 0.25) is 0 Å². The number of aromatic nitrogens is 1. The van der Waals surface area contributed by atoms with Crippen LogP contribution < -0.4 is 5.32 Å². The molecule has 0 spiro atoms. The number of aryl methyl sites for hydroxylation is 1. The third-order valence-electron chi connectivity index (χ3n) is 2.61. The van der Waals surface area contributed by atoms with Gasteiger partial charge in [-0.15, -0.1) is 0 Å². The molecule has 0 aliphatic rings. The zero-order valence-electron chi connectivity index (χ0n) is 10.1. The summed E-state index contributed by atoms with van der Waals surface area (Å²) in [5.41, 5.74) is 3.51. The Morgan fingerprint density at radius 2 is 1.72 bits per heavy atom. The maximum atomic E-state index is 4.28. The first-order valence-electron chi connectivity index (χ1n) is 5.71. The molecule has 18 heavy (non-hydrogen) atoms. The van der Waals surface area contributed by atoms with Gasteiger partial charge in [-0.2, -0.15) is 0 Å². The summed E-state index contributed by atoms with van der Waals surface area (Å²) in [4.78, 5) is 4.28. The van der Waals surface area contributed by atoms with E-state index in [-0.39, 0.29) is 0 Å². The zero-order valence-corrected chi connectivity index (χ0v) is 13.3. The van der Waals surface area contributed by atoms with Gasteiger partial charge in [0.25, 0.3) is 0 Å². The Bertz CT molecular complexity index is 524. The van der Waals surface area contributed by atoms with Gasteiger partial charge >= 0.3 is 0 Å². The van der Waals surface area contributed by atoms with Crippen molar-refractivity contribution in [3.63, 3.8) is 0 Å². The highest BCUT2D eigenvalue weighted by atomic mass is 79.9. The van der Waals surface area contributed by atoms with Crippen LogP contribution in [0.4, 0.5) is 0 Å². The highest BCUT2D eigenvalue weighted by Gasteiger charge is 1.99. The minimum atomic E-state index is 0.834. The molecule has 0 bridgehead atoms. The molecule has 2 nitrogen and oxygen atoms in total. The van der Waals surface area contributed by atoms with E-state index >= 15 is 0 Å². The maximum Gasteiger partial charge on any atom is 0.0372 e. The molecule has 0 aliphatic carbocycles. The second-order valence-corrected chi connectivity index (χ2v) is 5.87. The van der Waals surface area contributed by atoms with E-state index in [2.05, 4.69) is 66.4 Å². The lowest BCUT2D eigenvalue weighted by atomic mass is 10.2. The molecule has 1 heterocycles. The van der Waals surface area contributed by atoms with Gasteiger partial charge in [-0.05, 0) is 68.1 Å². The molecule has 0 saturated heterocycles. The summed E-state index contributed by atoms with van der Waals surface area (Å²) in [5, 5.41) is 3.41. The summed E-state index contributed by atoms with van der Waals surface area (Å²) < 4.78 is 2.16. The van der Waals surface area contributed by atoms with E-state index in [1.54, 1.807) is 0 Å². The fourth-order valence-corrected chi connectivity index (χ4v) is 2.28. The summed E-state index contributed by atoms with van der Waals surface area (Å²) >= 11 is 6.97. The number of hydrogen-bond donors (Lipinski definition) is 1. The van der Waals surface area contributed by atoms with Crippen LogP contribution >= 0.6 is 31.9 Å². The molecule has 1 aromatic heterocycles. The number of pyridine rings is 1. The second-order valence-electron chi connectivity index (χ2n) is 4.16. The number of nitrogens with one attached hydrogen (secondary N) is 1. The van der Waals surface area contributed by atoms with Crippen molar-refractivity contribution in [2.24, 2.45) is 0 Å². The molecule has 2 rings (SSSR count). The summed E-state index contributed by atoms with van der Waals surface area (Å²) in [6, 6.07) is 10.4. The maximum absolute atomic E-state index is 4.28. The summed E-state index contributed by atoms with van der Waals surface area (Å²) in [6.45, 7) is 3.68. The first kappa shape index (κ1) is 13.7. The molecular formula is C14H14Br2N2. The molecule has 4 heteroatoms. The predicted molar refractivity (Wildman–Crippen MR) is 81.4 cm³/mol. The number of rotatable bonds is 4. The molecule has 2 aromatic rings. The van der Waals surface area contributed by atoms with Crippen LogP contribution in [-0.2, 0) is 13.1 Å². The van der Waals surface area contributed by atoms with Crippen LogP contribution in [0.3, 0.4) is 0 Å². The topological polar surface area (TPSA) is 24.9 Å². The molecule has 0 radical (unpaired) electrons. The number of halogens is 2. The smallest absolute Gasteiger partial charge is 0.0372 e. The van der Waals surface area contributed by atoms with Gasteiger partial charge in [-0.1, -0.05) is 12.1 Å². The van der Waals surface area contributed by atoms with Crippen molar-refractivity contribution < 1.29 is 0 Å². The van der Waals surface area contributed by atoms with E-state index in [1.165, 1.54) is 11.1 Å². The molecule has 0 amide bonds. The van der Waals surface area contributed by atoms with E-state index in [4.69, 9.17) is 0 Å². The lowest BCUT2D eigenvalue weighted by Crippen LogP contribution is -2.12. The summed E-state index contributed by atoms with van der Waals surface area (Å²) in [7, 11) is 0. The van der Waals surface area contributed by atoms with E-state index in [0.717, 1.165) is 27.7 Å². The van der Waals surface area contributed by atoms with Crippen LogP contribution in [0.2, 0.25) is 0 Å². The van der Waals surface area contributed by atoms with Crippen LogP contribution in [0.1, 0.15) is 16.8 Å². The van der Waals surface area contributed by atoms with Crippen molar-refractivity contribution in [2.75, 3.05) is 0 Å². The van der Waals surface area contributed by atoms with Gasteiger partial charge in [0.15, 0.2) is 0 Å². The predicted octanol–water partition coefficient (Wildman–Crippen LogP) is 4.20. The average molecular weight is 370 g/mol. The molecule has 1 N–H and O–H groups in total. The Morgan fingerprint density at radius 1 is 1.00 bits per heavy atom. The molecule has 0 atom stereocenters. The number of hydrogen-bond acceptors (Lipinski definition) is 2. The van der Waals surface area contributed by atoms with Gasteiger partial charge in [0.1, 0.15) is 0 Å². The molecule has 0 aliphatic heterocycles. The van der Waals surface area contributed by atoms with Crippen molar-refractivity contribution in [3.05, 3.63) is 62.3 Å². The van der Waals surface area contributed by atoms with Crippen molar-refractivity contribution in [1.29, 1.82) is 0 Å². The van der Waals surface area contributed by atoms with Crippen LogP contribution in [0, 0.1) is 6.92 Å². The van der Waals surface area contributed by atoms with Gasteiger partial charge in [-0.25, -0.2) is 0 Å². The quantitative estimate of drug-likeness (QED) is 0.873.